The predicted molar refractivity (Wildman–Crippen MR) is 108 cm³/mol. The van der Waals surface area contributed by atoms with Gasteiger partial charge < -0.3 is 10.6 Å². The van der Waals surface area contributed by atoms with E-state index in [0.717, 1.165) is 27.4 Å². The second-order valence-electron chi connectivity index (χ2n) is 5.63. The van der Waals surface area contributed by atoms with E-state index in [-0.39, 0.29) is 0 Å². The van der Waals surface area contributed by atoms with E-state index in [4.69, 9.17) is 0 Å². The molecule has 0 unspecified atom stereocenters. The number of nitrogens with one attached hydrogen (secondary N) is 2. The van der Waals surface area contributed by atoms with Crippen molar-refractivity contribution in [2.75, 3.05) is 12.8 Å². The summed E-state index contributed by atoms with van der Waals surface area (Å²) in [5.74, 6) is 0.733. The summed E-state index contributed by atoms with van der Waals surface area (Å²) >= 11 is 5.14. The summed E-state index contributed by atoms with van der Waals surface area (Å²) in [6.45, 7) is 5.78. The Labute approximate surface area is 161 Å². The first-order valence-corrected chi connectivity index (χ1v) is 11.4. The topological polar surface area (TPSA) is 70.6 Å². The molecule has 0 aliphatic heterocycles. The standard InChI is InChI=1S/C17H22BrN3O2S2/c1-4-19-17(21-11-14-6-8-16(18)24-14)20-10-13-5-7-15(12(2)9-13)25(3,22)23/h5-9H,4,10-11H2,1-3H3,(H2,19,20,21). The minimum absolute atomic E-state index is 0.369. The first-order valence-electron chi connectivity index (χ1n) is 7.85. The lowest BCUT2D eigenvalue weighted by molar-refractivity contribution is 0.601. The van der Waals surface area contributed by atoms with Crippen molar-refractivity contribution in [3.05, 3.63) is 50.1 Å². The lowest BCUT2D eigenvalue weighted by Crippen LogP contribution is -2.36. The number of hydrogen-bond acceptors (Lipinski definition) is 4. The summed E-state index contributed by atoms with van der Waals surface area (Å²) in [6.07, 6.45) is 1.23. The van der Waals surface area contributed by atoms with E-state index in [2.05, 4.69) is 37.6 Å². The van der Waals surface area contributed by atoms with Crippen LogP contribution in [-0.2, 0) is 22.9 Å². The fraction of sp³-hybridized carbons (Fsp3) is 0.353. The number of guanidine groups is 1. The van der Waals surface area contributed by atoms with Crippen LogP contribution in [0.3, 0.4) is 0 Å². The van der Waals surface area contributed by atoms with Crippen LogP contribution in [0.2, 0.25) is 0 Å². The van der Waals surface area contributed by atoms with Crippen molar-refractivity contribution in [1.29, 1.82) is 0 Å². The van der Waals surface area contributed by atoms with Crippen LogP contribution in [0.25, 0.3) is 0 Å². The zero-order valence-electron chi connectivity index (χ0n) is 14.5. The lowest BCUT2D eigenvalue weighted by Gasteiger charge is -2.11. The van der Waals surface area contributed by atoms with Crippen molar-refractivity contribution in [1.82, 2.24) is 10.6 Å². The molecule has 0 amide bonds. The number of thiophene rings is 1. The van der Waals surface area contributed by atoms with Gasteiger partial charge in [0.05, 0.1) is 21.8 Å². The van der Waals surface area contributed by atoms with Crippen LogP contribution in [0, 0.1) is 6.92 Å². The van der Waals surface area contributed by atoms with Gasteiger partial charge in [0.2, 0.25) is 0 Å². The van der Waals surface area contributed by atoms with Gasteiger partial charge in [-0.1, -0.05) is 12.1 Å². The molecule has 0 saturated heterocycles. The molecular weight excluding hydrogens is 422 g/mol. The molecule has 5 nitrogen and oxygen atoms in total. The molecule has 0 aliphatic carbocycles. The number of hydrogen-bond donors (Lipinski definition) is 2. The molecular formula is C17H22BrN3O2S2. The van der Waals surface area contributed by atoms with Crippen LogP contribution in [0.5, 0.6) is 0 Å². The van der Waals surface area contributed by atoms with Crippen LogP contribution < -0.4 is 10.6 Å². The van der Waals surface area contributed by atoms with Crippen molar-refractivity contribution >= 4 is 43.1 Å². The number of aliphatic imine (C=N–C) groups is 1. The van der Waals surface area contributed by atoms with Gasteiger partial charge in [0.25, 0.3) is 0 Å². The third-order valence-electron chi connectivity index (χ3n) is 3.46. The Morgan fingerprint density at radius 3 is 2.56 bits per heavy atom. The molecule has 0 atom stereocenters. The maximum absolute atomic E-state index is 11.7. The van der Waals surface area contributed by atoms with Gasteiger partial charge in [-0.2, -0.15) is 0 Å². The minimum atomic E-state index is -3.19. The predicted octanol–water partition coefficient (Wildman–Crippen LogP) is 3.48. The second-order valence-corrected chi connectivity index (χ2v) is 10.2. The molecule has 136 valence electrons. The van der Waals surface area contributed by atoms with Gasteiger partial charge in [-0.05, 0) is 59.1 Å². The molecule has 2 N–H and O–H groups in total. The van der Waals surface area contributed by atoms with E-state index >= 15 is 0 Å². The first kappa shape index (κ1) is 19.9. The van der Waals surface area contributed by atoms with Crippen molar-refractivity contribution < 1.29 is 8.42 Å². The second kappa shape index (κ2) is 8.82. The minimum Gasteiger partial charge on any atom is -0.357 e. The van der Waals surface area contributed by atoms with Crippen molar-refractivity contribution in [3.8, 4) is 0 Å². The zero-order valence-corrected chi connectivity index (χ0v) is 17.7. The van der Waals surface area contributed by atoms with E-state index in [1.54, 1.807) is 17.4 Å². The number of aryl methyl sites for hydroxylation is 1. The maximum atomic E-state index is 11.7. The van der Waals surface area contributed by atoms with Gasteiger partial charge in [0.15, 0.2) is 15.8 Å². The average molecular weight is 444 g/mol. The summed E-state index contributed by atoms with van der Waals surface area (Å²) < 4.78 is 24.5. The Hall–Kier alpha value is -1.38. The van der Waals surface area contributed by atoms with E-state index in [1.807, 2.05) is 32.0 Å². The highest BCUT2D eigenvalue weighted by Crippen LogP contribution is 2.21. The summed E-state index contributed by atoms with van der Waals surface area (Å²) in [7, 11) is -3.19. The smallest absolute Gasteiger partial charge is 0.191 e. The third-order valence-corrected chi connectivity index (χ3v) is 6.34. The maximum Gasteiger partial charge on any atom is 0.191 e. The molecule has 0 bridgehead atoms. The van der Waals surface area contributed by atoms with E-state index in [1.165, 1.54) is 11.1 Å². The van der Waals surface area contributed by atoms with E-state index in [0.29, 0.717) is 18.0 Å². The molecule has 0 saturated carbocycles. The largest absolute Gasteiger partial charge is 0.357 e. The zero-order chi connectivity index (χ0) is 18.4. The fourth-order valence-corrected chi connectivity index (χ4v) is 4.74. The van der Waals surface area contributed by atoms with Crippen molar-refractivity contribution in [2.45, 2.75) is 31.8 Å². The molecule has 0 fully saturated rings. The van der Waals surface area contributed by atoms with E-state index in [9.17, 15) is 8.42 Å². The number of rotatable bonds is 6. The quantitative estimate of drug-likeness (QED) is 0.529. The summed E-state index contributed by atoms with van der Waals surface area (Å²) in [4.78, 5) is 6.16. The van der Waals surface area contributed by atoms with Gasteiger partial charge >= 0.3 is 0 Å². The van der Waals surface area contributed by atoms with Gasteiger partial charge in [-0.3, -0.25) is 0 Å². The highest BCUT2D eigenvalue weighted by molar-refractivity contribution is 9.11. The van der Waals surface area contributed by atoms with Crippen LogP contribution in [0.1, 0.15) is 22.9 Å². The SMILES string of the molecule is CCNC(=NCc1ccc(S(C)(=O)=O)c(C)c1)NCc1ccc(Br)s1. The Kier molecular flexibility index (Phi) is 7.04. The molecule has 0 spiro atoms. The van der Waals surface area contributed by atoms with Crippen molar-refractivity contribution in [2.24, 2.45) is 4.99 Å². The highest BCUT2D eigenvalue weighted by atomic mass is 79.9. The molecule has 1 aromatic heterocycles. The van der Waals surface area contributed by atoms with Gasteiger partial charge in [0.1, 0.15) is 0 Å². The molecule has 0 aliphatic rings. The number of halogens is 1. The van der Waals surface area contributed by atoms with Crippen LogP contribution in [0.4, 0.5) is 0 Å². The molecule has 1 heterocycles. The number of sulfone groups is 1. The Morgan fingerprint density at radius 2 is 2.00 bits per heavy atom. The summed E-state index contributed by atoms with van der Waals surface area (Å²) in [5, 5.41) is 6.52. The van der Waals surface area contributed by atoms with Crippen molar-refractivity contribution in [3.63, 3.8) is 0 Å². The van der Waals surface area contributed by atoms with Crippen LogP contribution in [-0.4, -0.2) is 27.2 Å². The monoisotopic (exact) mass is 443 g/mol. The molecule has 2 aromatic rings. The average Bonchev–Trinajstić information content (AvgIpc) is 2.94. The van der Waals surface area contributed by atoms with Gasteiger partial charge in [-0.25, -0.2) is 13.4 Å². The number of nitrogens with zero attached hydrogens (tertiary/aromatic N) is 1. The molecule has 0 radical (unpaired) electrons. The Morgan fingerprint density at radius 1 is 1.24 bits per heavy atom. The Balaban J connectivity index is 2.06. The van der Waals surface area contributed by atoms with Crippen LogP contribution in [0.15, 0.2) is 44.0 Å². The molecule has 8 heteroatoms. The van der Waals surface area contributed by atoms with Gasteiger partial charge in [0, 0.05) is 17.7 Å². The summed E-state index contributed by atoms with van der Waals surface area (Å²) in [5.41, 5.74) is 1.72. The first-order chi connectivity index (χ1) is 11.8. The van der Waals surface area contributed by atoms with E-state index < -0.39 is 9.84 Å². The molecule has 1 aromatic carbocycles. The number of benzene rings is 1. The molecule has 25 heavy (non-hydrogen) atoms. The van der Waals surface area contributed by atoms with Crippen LogP contribution >= 0.6 is 27.3 Å². The highest BCUT2D eigenvalue weighted by Gasteiger charge is 2.10. The normalized spacial score (nSPS) is 12.2. The molecule has 2 rings (SSSR count). The van der Waals surface area contributed by atoms with Gasteiger partial charge in [-0.15, -0.1) is 11.3 Å². The lowest BCUT2D eigenvalue weighted by atomic mass is 10.1. The Bertz CT molecular complexity index is 861. The fourth-order valence-electron chi connectivity index (χ4n) is 2.36. The third kappa shape index (κ3) is 6.13. The summed E-state index contributed by atoms with van der Waals surface area (Å²) in [6, 6.07) is 9.43.